The normalized spacial score (nSPS) is 51.8. The fraction of sp³-hybridized carbons (Fsp3) is 0.938. The van der Waals surface area contributed by atoms with Crippen LogP contribution in [0.5, 0.6) is 0 Å². The van der Waals surface area contributed by atoms with Gasteiger partial charge in [-0.15, -0.1) is 0 Å². The molecule has 0 N–H and O–H groups in total. The highest BCUT2D eigenvalue weighted by molar-refractivity contribution is 5.84. The molecule has 3 heterocycles. The third-order valence-corrected chi connectivity index (χ3v) is 5.97. The van der Waals surface area contributed by atoms with Gasteiger partial charge in [-0.05, 0) is 40.0 Å². The van der Waals surface area contributed by atoms with E-state index < -0.39 is 17.0 Å². The van der Waals surface area contributed by atoms with Crippen molar-refractivity contribution in [3.63, 3.8) is 0 Å². The van der Waals surface area contributed by atoms with Gasteiger partial charge in [-0.2, -0.15) is 0 Å². The Balaban J connectivity index is 1.81. The number of fused-ring (bicyclic) bond motifs is 3. The van der Waals surface area contributed by atoms with Gasteiger partial charge >= 0.3 is 0 Å². The van der Waals surface area contributed by atoms with Crippen LogP contribution in [0, 0.1) is 5.92 Å². The van der Waals surface area contributed by atoms with Crippen molar-refractivity contribution in [1.82, 2.24) is 0 Å². The van der Waals surface area contributed by atoms with Gasteiger partial charge in [-0.3, -0.25) is 4.79 Å². The second-order valence-corrected chi connectivity index (χ2v) is 7.44. The highest BCUT2D eigenvalue weighted by Gasteiger charge is 2.78. The first kappa shape index (κ1) is 14.1. The number of Topliss-reactive ketones (excluding diaryl/α,β-unsaturated/α-hetero) is 1. The molecule has 1 aliphatic carbocycles. The minimum atomic E-state index is -0.625. The molecule has 4 aliphatic rings. The van der Waals surface area contributed by atoms with E-state index >= 15 is 0 Å². The first-order chi connectivity index (χ1) is 9.85. The average molecular weight is 296 g/mol. The molecule has 3 saturated heterocycles. The van der Waals surface area contributed by atoms with Crippen LogP contribution in [0.4, 0.5) is 0 Å². The van der Waals surface area contributed by atoms with E-state index in [1.165, 1.54) is 0 Å². The Kier molecular flexibility index (Phi) is 2.74. The molecule has 0 aromatic heterocycles. The lowest BCUT2D eigenvalue weighted by molar-refractivity contribution is -0.234. The van der Waals surface area contributed by atoms with Crippen LogP contribution in [0.2, 0.25) is 0 Å². The second kappa shape index (κ2) is 4.07. The average Bonchev–Trinajstić information content (AvgIpc) is 3.02. The van der Waals surface area contributed by atoms with Gasteiger partial charge in [-0.25, -0.2) is 0 Å². The van der Waals surface area contributed by atoms with Crippen molar-refractivity contribution in [3.8, 4) is 0 Å². The number of ketones is 1. The summed E-state index contributed by atoms with van der Waals surface area (Å²) < 4.78 is 24.5. The summed E-state index contributed by atoms with van der Waals surface area (Å²) in [5.74, 6) is -0.374. The van der Waals surface area contributed by atoms with Gasteiger partial charge in [0.1, 0.15) is 29.2 Å². The molecule has 118 valence electrons. The van der Waals surface area contributed by atoms with Crippen LogP contribution in [0.15, 0.2) is 0 Å². The van der Waals surface area contributed by atoms with Crippen LogP contribution in [0.25, 0.3) is 0 Å². The van der Waals surface area contributed by atoms with Crippen molar-refractivity contribution < 1.29 is 23.7 Å². The minimum absolute atomic E-state index is 0.0670. The monoisotopic (exact) mass is 296 g/mol. The smallest absolute Gasteiger partial charge is 0.164 e. The molecule has 0 amide bonds. The largest absolute Gasteiger partial charge is 0.379 e. The van der Waals surface area contributed by atoms with Gasteiger partial charge in [-0.1, -0.05) is 0 Å². The van der Waals surface area contributed by atoms with E-state index in [-0.39, 0.29) is 24.2 Å². The molecule has 1 spiro atoms. The summed E-state index contributed by atoms with van der Waals surface area (Å²) in [5, 5.41) is 0. The maximum absolute atomic E-state index is 12.4. The maximum Gasteiger partial charge on any atom is 0.164 e. The SMILES string of the molecule is CO[C@H](C)[C@@]12C[C@H]3C(=O)CCC[C@]3(O1)[C@H]1OC(C)(C)O[C@H]12. The zero-order valence-corrected chi connectivity index (χ0v) is 13.2. The molecular formula is C16H24O5. The third kappa shape index (κ3) is 1.58. The van der Waals surface area contributed by atoms with Crippen molar-refractivity contribution in [2.45, 2.75) is 81.8 Å². The van der Waals surface area contributed by atoms with Crippen LogP contribution >= 0.6 is 0 Å². The Bertz CT molecular complexity index is 489. The zero-order chi connectivity index (χ0) is 15.0. The molecule has 4 rings (SSSR count). The maximum atomic E-state index is 12.4. The molecule has 1 saturated carbocycles. The van der Waals surface area contributed by atoms with Crippen LogP contribution in [-0.4, -0.2) is 48.2 Å². The number of ether oxygens (including phenoxy) is 4. The molecule has 2 bridgehead atoms. The molecule has 0 aromatic rings. The first-order valence-corrected chi connectivity index (χ1v) is 7.96. The van der Waals surface area contributed by atoms with E-state index in [0.717, 1.165) is 12.8 Å². The van der Waals surface area contributed by atoms with Crippen molar-refractivity contribution >= 4 is 5.78 Å². The predicted molar refractivity (Wildman–Crippen MR) is 73.8 cm³/mol. The zero-order valence-electron chi connectivity index (χ0n) is 13.2. The lowest BCUT2D eigenvalue weighted by Crippen LogP contribution is -2.58. The molecule has 3 aliphatic heterocycles. The van der Waals surface area contributed by atoms with E-state index in [9.17, 15) is 4.79 Å². The summed E-state index contributed by atoms with van der Waals surface area (Å²) in [5.41, 5.74) is -1.06. The van der Waals surface area contributed by atoms with Crippen molar-refractivity contribution in [1.29, 1.82) is 0 Å². The summed E-state index contributed by atoms with van der Waals surface area (Å²) in [4.78, 5) is 12.4. The molecule has 5 nitrogen and oxygen atoms in total. The molecule has 0 unspecified atom stereocenters. The molecule has 0 aromatic carbocycles. The highest BCUT2D eigenvalue weighted by Crippen LogP contribution is 2.64. The van der Waals surface area contributed by atoms with Crippen LogP contribution in [-0.2, 0) is 23.7 Å². The predicted octanol–water partition coefficient (Wildman–Crippen LogP) is 1.82. The third-order valence-electron chi connectivity index (χ3n) is 5.97. The molecule has 6 atom stereocenters. The number of hydrogen-bond acceptors (Lipinski definition) is 5. The van der Waals surface area contributed by atoms with E-state index in [2.05, 4.69) is 0 Å². The van der Waals surface area contributed by atoms with Gasteiger partial charge in [0.05, 0.1) is 12.0 Å². The Morgan fingerprint density at radius 1 is 1.29 bits per heavy atom. The van der Waals surface area contributed by atoms with Crippen molar-refractivity contribution in [2.75, 3.05) is 7.11 Å². The minimum Gasteiger partial charge on any atom is -0.379 e. The highest BCUT2D eigenvalue weighted by atomic mass is 16.8. The Hall–Kier alpha value is -0.490. The van der Waals surface area contributed by atoms with Crippen molar-refractivity contribution in [3.05, 3.63) is 0 Å². The Labute approximate surface area is 125 Å². The number of carbonyl (C=O) groups is 1. The summed E-state index contributed by atoms with van der Waals surface area (Å²) in [6.07, 6.45) is 2.68. The summed E-state index contributed by atoms with van der Waals surface area (Å²) >= 11 is 0. The lowest BCUT2D eigenvalue weighted by Gasteiger charge is -2.41. The van der Waals surface area contributed by atoms with Crippen LogP contribution in [0.1, 0.15) is 46.5 Å². The van der Waals surface area contributed by atoms with Crippen LogP contribution in [0.3, 0.4) is 0 Å². The number of hydrogen-bond donors (Lipinski definition) is 0. The first-order valence-electron chi connectivity index (χ1n) is 7.96. The lowest BCUT2D eigenvalue weighted by atomic mass is 9.63. The number of rotatable bonds is 2. The number of carbonyl (C=O) groups excluding carboxylic acids is 1. The quantitative estimate of drug-likeness (QED) is 0.778. The second-order valence-electron chi connectivity index (χ2n) is 7.44. The fourth-order valence-electron chi connectivity index (χ4n) is 5.01. The summed E-state index contributed by atoms with van der Waals surface area (Å²) in [6, 6.07) is 0. The van der Waals surface area contributed by atoms with E-state index in [0.29, 0.717) is 18.6 Å². The Morgan fingerprint density at radius 3 is 2.71 bits per heavy atom. The molecule has 21 heavy (non-hydrogen) atoms. The van der Waals surface area contributed by atoms with Gasteiger partial charge < -0.3 is 18.9 Å². The van der Waals surface area contributed by atoms with Gasteiger partial charge in [0.15, 0.2) is 5.79 Å². The van der Waals surface area contributed by atoms with Gasteiger partial charge in [0.25, 0.3) is 0 Å². The standard InChI is InChI=1S/C16H24O5/c1-9(18-4)16-8-10-11(17)6-5-7-15(10,21-16)12-13(16)20-14(2,3)19-12/h9-10,12-13H,5-8H2,1-4H3/t9-,10+,12+,13-,15-,16-/m1/s1. The van der Waals surface area contributed by atoms with Gasteiger partial charge in [0.2, 0.25) is 0 Å². The summed E-state index contributed by atoms with van der Waals surface area (Å²) in [6.45, 7) is 5.88. The summed E-state index contributed by atoms with van der Waals surface area (Å²) in [7, 11) is 1.69. The van der Waals surface area contributed by atoms with Crippen molar-refractivity contribution in [2.24, 2.45) is 5.92 Å². The molecule has 5 heteroatoms. The van der Waals surface area contributed by atoms with Crippen LogP contribution < -0.4 is 0 Å². The molecule has 4 fully saturated rings. The topological polar surface area (TPSA) is 54.0 Å². The molecular weight excluding hydrogens is 272 g/mol. The Morgan fingerprint density at radius 2 is 2.00 bits per heavy atom. The fourth-order valence-corrected chi connectivity index (χ4v) is 5.01. The van der Waals surface area contributed by atoms with E-state index in [1.807, 2.05) is 20.8 Å². The van der Waals surface area contributed by atoms with E-state index in [4.69, 9.17) is 18.9 Å². The van der Waals surface area contributed by atoms with E-state index in [1.54, 1.807) is 7.11 Å². The number of methoxy groups -OCH3 is 1. The molecule has 0 radical (unpaired) electrons. The van der Waals surface area contributed by atoms with Gasteiger partial charge in [0, 0.05) is 13.5 Å².